The van der Waals surface area contributed by atoms with Gasteiger partial charge in [0.2, 0.25) is 0 Å². The predicted molar refractivity (Wildman–Crippen MR) is 99.3 cm³/mol. The Bertz CT molecular complexity index is 1070. The van der Waals surface area contributed by atoms with Crippen molar-refractivity contribution in [3.63, 3.8) is 0 Å². The molecule has 0 saturated heterocycles. The van der Waals surface area contributed by atoms with Crippen LogP contribution >= 0.6 is 0 Å². The maximum Gasteiger partial charge on any atom is 0.416 e. The first-order valence-corrected chi connectivity index (χ1v) is 10.1. The highest BCUT2D eigenvalue weighted by Crippen LogP contribution is 2.33. The number of nitrogens with one attached hydrogen (secondary N) is 1. The fourth-order valence-electron chi connectivity index (χ4n) is 2.49. The molecular formula is C19H16F3N3O2S. The van der Waals surface area contributed by atoms with E-state index in [2.05, 4.69) is 15.3 Å². The first-order chi connectivity index (χ1) is 13.1. The quantitative estimate of drug-likeness (QED) is 0.687. The van der Waals surface area contributed by atoms with Gasteiger partial charge >= 0.3 is 6.18 Å². The van der Waals surface area contributed by atoms with Crippen LogP contribution in [0.15, 0.2) is 65.7 Å². The maximum atomic E-state index is 13.3. The molecule has 2 heterocycles. The highest BCUT2D eigenvalue weighted by molar-refractivity contribution is 7.90. The highest BCUT2D eigenvalue weighted by Gasteiger charge is 2.31. The molecule has 0 fully saturated rings. The van der Waals surface area contributed by atoms with Crippen LogP contribution in [0.25, 0.3) is 11.3 Å². The molecule has 3 aromatic rings. The van der Waals surface area contributed by atoms with Crippen molar-refractivity contribution >= 4 is 15.7 Å². The van der Waals surface area contributed by atoms with Gasteiger partial charge in [0.05, 0.1) is 28.4 Å². The van der Waals surface area contributed by atoms with Crippen molar-refractivity contribution in [2.24, 2.45) is 0 Å². The molecule has 3 rings (SSSR count). The van der Waals surface area contributed by atoms with E-state index in [9.17, 15) is 21.6 Å². The van der Waals surface area contributed by atoms with Crippen LogP contribution in [0.4, 0.5) is 19.0 Å². The van der Waals surface area contributed by atoms with Crippen LogP contribution in [-0.4, -0.2) is 24.6 Å². The first kappa shape index (κ1) is 19.8. The van der Waals surface area contributed by atoms with Gasteiger partial charge in [0.15, 0.2) is 9.84 Å². The minimum absolute atomic E-state index is 0.0441. The fraction of sp³-hybridized carbons (Fsp3) is 0.158. The van der Waals surface area contributed by atoms with Gasteiger partial charge in [-0.15, -0.1) is 0 Å². The lowest BCUT2D eigenvalue weighted by molar-refractivity contribution is -0.137. The van der Waals surface area contributed by atoms with Crippen LogP contribution in [0, 0.1) is 0 Å². The summed E-state index contributed by atoms with van der Waals surface area (Å²) in [6.45, 7) is 0.210. The Labute approximate surface area is 160 Å². The number of alkyl halides is 3. The molecule has 0 bridgehead atoms. The summed E-state index contributed by atoms with van der Waals surface area (Å²) in [5, 5.41) is 2.85. The zero-order valence-corrected chi connectivity index (χ0v) is 15.6. The second-order valence-electron chi connectivity index (χ2n) is 6.10. The molecule has 0 aliphatic rings. The van der Waals surface area contributed by atoms with Crippen molar-refractivity contribution in [1.29, 1.82) is 0 Å². The third kappa shape index (κ3) is 4.86. The van der Waals surface area contributed by atoms with E-state index in [-0.39, 0.29) is 23.0 Å². The van der Waals surface area contributed by atoms with E-state index >= 15 is 0 Å². The summed E-state index contributed by atoms with van der Waals surface area (Å²) in [5.41, 5.74) is 0.256. The smallest absolute Gasteiger partial charge is 0.364 e. The normalized spacial score (nSPS) is 12.0. The molecule has 5 nitrogen and oxygen atoms in total. The monoisotopic (exact) mass is 407 g/mol. The largest absolute Gasteiger partial charge is 0.416 e. The molecule has 0 aliphatic heterocycles. The van der Waals surface area contributed by atoms with Crippen LogP contribution in [-0.2, 0) is 22.6 Å². The van der Waals surface area contributed by atoms with Crippen molar-refractivity contribution in [2.75, 3.05) is 11.6 Å². The summed E-state index contributed by atoms with van der Waals surface area (Å²) in [5.74, 6) is 0.0441. The van der Waals surface area contributed by atoms with Crippen molar-refractivity contribution in [3.8, 4) is 11.3 Å². The summed E-state index contributed by atoms with van der Waals surface area (Å²) in [6, 6.07) is 12.7. The van der Waals surface area contributed by atoms with E-state index in [1.807, 2.05) is 0 Å². The number of halogens is 3. The van der Waals surface area contributed by atoms with E-state index in [0.29, 0.717) is 11.3 Å². The predicted octanol–water partition coefficient (Wildman–Crippen LogP) is 4.18. The number of anilines is 1. The molecule has 0 unspecified atom stereocenters. The average Bonchev–Trinajstić information content (AvgIpc) is 2.66. The third-order valence-corrected chi connectivity index (χ3v) is 5.04. The van der Waals surface area contributed by atoms with Crippen molar-refractivity contribution in [3.05, 3.63) is 72.1 Å². The first-order valence-electron chi connectivity index (χ1n) is 8.16. The Morgan fingerprint density at radius 3 is 2.32 bits per heavy atom. The Kier molecular flexibility index (Phi) is 5.37. The standard InChI is InChI=1S/C19H16F3N3O2S/c1-28(26,27)16-7-5-13(6-8-16)17-10-14(19(20,21)22)11-18(25-17)24-12-15-4-2-3-9-23-15/h2-11H,12H2,1H3,(H,24,25). The number of benzene rings is 1. The van der Waals surface area contributed by atoms with Gasteiger partial charge in [-0.05, 0) is 36.4 Å². The number of pyridine rings is 2. The molecule has 2 aromatic heterocycles. The summed E-state index contributed by atoms with van der Waals surface area (Å²) in [6.07, 6.45) is -1.90. The summed E-state index contributed by atoms with van der Waals surface area (Å²) in [4.78, 5) is 8.42. The zero-order valence-electron chi connectivity index (χ0n) is 14.7. The molecule has 0 aliphatic carbocycles. The van der Waals surface area contributed by atoms with E-state index in [1.165, 1.54) is 24.3 Å². The molecule has 28 heavy (non-hydrogen) atoms. The molecule has 9 heteroatoms. The fourth-order valence-corrected chi connectivity index (χ4v) is 3.12. The van der Waals surface area contributed by atoms with E-state index in [0.717, 1.165) is 18.4 Å². The maximum absolute atomic E-state index is 13.3. The van der Waals surface area contributed by atoms with Gasteiger partial charge in [0.1, 0.15) is 5.82 Å². The number of sulfone groups is 1. The number of nitrogens with zero attached hydrogens (tertiary/aromatic N) is 2. The lowest BCUT2D eigenvalue weighted by Gasteiger charge is -2.13. The van der Waals surface area contributed by atoms with Gasteiger partial charge < -0.3 is 5.32 Å². The minimum atomic E-state index is -4.55. The number of hydrogen-bond donors (Lipinski definition) is 1. The Morgan fingerprint density at radius 2 is 1.75 bits per heavy atom. The minimum Gasteiger partial charge on any atom is -0.364 e. The molecule has 1 N–H and O–H groups in total. The van der Waals surface area contributed by atoms with E-state index in [1.54, 1.807) is 24.4 Å². The number of rotatable bonds is 5. The molecule has 0 saturated carbocycles. The van der Waals surface area contributed by atoms with Crippen LogP contribution in [0.3, 0.4) is 0 Å². The van der Waals surface area contributed by atoms with Gasteiger partial charge in [0.25, 0.3) is 0 Å². The van der Waals surface area contributed by atoms with Crippen molar-refractivity contribution < 1.29 is 21.6 Å². The van der Waals surface area contributed by atoms with Crippen molar-refractivity contribution in [1.82, 2.24) is 9.97 Å². The second kappa shape index (κ2) is 7.59. The summed E-state index contributed by atoms with van der Waals surface area (Å²) < 4.78 is 63.0. The summed E-state index contributed by atoms with van der Waals surface area (Å²) in [7, 11) is -3.40. The van der Waals surface area contributed by atoms with Crippen LogP contribution in [0.5, 0.6) is 0 Å². The molecule has 0 amide bonds. The van der Waals surface area contributed by atoms with Crippen molar-refractivity contribution in [2.45, 2.75) is 17.6 Å². The Balaban J connectivity index is 1.96. The Hall–Kier alpha value is -2.94. The van der Waals surface area contributed by atoms with E-state index < -0.39 is 21.6 Å². The molecular weight excluding hydrogens is 391 g/mol. The number of hydrogen-bond acceptors (Lipinski definition) is 5. The van der Waals surface area contributed by atoms with Crippen LogP contribution in [0.1, 0.15) is 11.3 Å². The van der Waals surface area contributed by atoms with E-state index in [4.69, 9.17) is 0 Å². The van der Waals surface area contributed by atoms with Gasteiger partial charge in [-0.1, -0.05) is 18.2 Å². The molecule has 1 aromatic carbocycles. The molecule has 0 atom stereocenters. The Morgan fingerprint density at radius 1 is 1.04 bits per heavy atom. The van der Waals surface area contributed by atoms with Gasteiger partial charge in [0, 0.05) is 18.0 Å². The molecule has 0 radical (unpaired) electrons. The average molecular weight is 407 g/mol. The molecule has 0 spiro atoms. The SMILES string of the molecule is CS(=O)(=O)c1ccc(-c2cc(C(F)(F)F)cc(NCc3ccccn3)n2)cc1. The van der Waals surface area contributed by atoms with Gasteiger partial charge in [-0.3, -0.25) is 4.98 Å². The van der Waals surface area contributed by atoms with Gasteiger partial charge in [-0.25, -0.2) is 13.4 Å². The topological polar surface area (TPSA) is 72.0 Å². The lowest BCUT2D eigenvalue weighted by atomic mass is 10.1. The van der Waals surface area contributed by atoms with Gasteiger partial charge in [-0.2, -0.15) is 13.2 Å². The lowest BCUT2D eigenvalue weighted by Crippen LogP contribution is -2.09. The van der Waals surface area contributed by atoms with Crippen LogP contribution < -0.4 is 5.32 Å². The zero-order chi connectivity index (χ0) is 20.4. The number of aromatic nitrogens is 2. The third-order valence-electron chi connectivity index (χ3n) is 3.91. The van der Waals surface area contributed by atoms with Crippen LogP contribution in [0.2, 0.25) is 0 Å². The second-order valence-corrected chi connectivity index (χ2v) is 8.11. The molecule has 146 valence electrons. The highest BCUT2D eigenvalue weighted by atomic mass is 32.2. The summed E-state index contributed by atoms with van der Waals surface area (Å²) >= 11 is 0.